The van der Waals surface area contributed by atoms with Gasteiger partial charge in [0.15, 0.2) is 5.16 Å². The largest absolute Gasteiger partial charge is 0.481 e. The lowest BCUT2D eigenvalue weighted by atomic mass is 10.3. The van der Waals surface area contributed by atoms with E-state index in [0.717, 1.165) is 45.8 Å². The van der Waals surface area contributed by atoms with Crippen LogP contribution in [-0.2, 0) is 11.3 Å². The first-order valence-electron chi connectivity index (χ1n) is 6.61. The molecule has 0 spiro atoms. The molecule has 4 nitrogen and oxygen atoms in total. The third kappa shape index (κ3) is 4.66. The van der Waals surface area contributed by atoms with Crippen molar-refractivity contribution in [3.05, 3.63) is 22.7 Å². The number of aromatic nitrogens is 2. The predicted octanol–water partition coefficient (Wildman–Crippen LogP) is 4.12. The summed E-state index contributed by atoms with van der Waals surface area (Å²) in [6.45, 7) is 0.871. The van der Waals surface area contributed by atoms with Crippen LogP contribution in [0.3, 0.4) is 0 Å². The quantitative estimate of drug-likeness (QED) is 0.544. The maximum atomic E-state index is 10.8. The van der Waals surface area contributed by atoms with Gasteiger partial charge in [0.2, 0.25) is 0 Å². The average Bonchev–Trinajstić information content (AvgIpc) is 2.78. The number of carboxylic acids is 1. The van der Waals surface area contributed by atoms with Gasteiger partial charge < -0.3 is 9.67 Å². The van der Waals surface area contributed by atoms with E-state index in [1.54, 1.807) is 0 Å². The second-order valence-electron chi connectivity index (χ2n) is 4.56. The normalized spacial score (nSPS) is 11.1. The number of fused-ring (bicyclic) bond motifs is 1. The summed E-state index contributed by atoms with van der Waals surface area (Å²) in [5, 5.41) is 9.65. The van der Waals surface area contributed by atoms with E-state index >= 15 is 0 Å². The summed E-state index contributed by atoms with van der Waals surface area (Å²) >= 11 is 6.62. The Hall–Kier alpha value is -0.660. The highest BCUT2D eigenvalue weighted by molar-refractivity contribution is 9.10. The van der Waals surface area contributed by atoms with Crippen molar-refractivity contribution >= 4 is 56.5 Å². The number of carboxylic acid groups (broad SMARTS) is 1. The molecule has 0 aliphatic rings. The molecule has 0 radical (unpaired) electrons. The zero-order chi connectivity index (χ0) is 15.2. The first kappa shape index (κ1) is 16.7. The van der Waals surface area contributed by atoms with Crippen molar-refractivity contribution < 1.29 is 9.90 Å². The summed E-state index contributed by atoms with van der Waals surface area (Å²) in [6.07, 6.45) is 4.33. The van der Waals surface area contributed by atoms with Gasteiger partial charge >= 0.3 is 5.97 Å². The zero-order valence-corrected chi connectivity index (χ0v) is 14.9. The molecule has 1 aromatic heterocycles. The van der Waals surface area contributed by atoms with Crippen molar-refractivity contribution in [3.8, 4) is 0 Å². The lowest BCUT2D eigenvalue weighted by molar-refractivity contribution is -0.133. The number of rotatable bonds is 8. The number of thioether (sulfide) groups is 2. The number of aliphatic carboxylic acids is 1. The van der Waals surface area contributed by atoms with Crippen LogP contribution in [0, 0.1) is 0 Å². The number of aryl methyl sites for hydroxylation is 1. The Morgan fingerprint density at radius 3 is 2.95 bits per heavy atom. The summed E-state index contributed by atoms with van der Waals surface area (Å²) in [5.41, 5.74) is 1.97. The van der Waals surface area contributed by atoms with Gasteiger partial charge in [-0.25, -0.2) is 4.98 Å². The van der Waals surface area contributed by atoms with E-state index in [4.69, 9.17) is 5.11 Å². The molecule has 0 unspecified atom stereocenters. The van der Waals surface area contributed by atoms with Gasteiger partial charge in [-0.05, 0) is 43.0 Å². The standard InChI is InChI=1S/C14H17BrN2O2S2/c1-20-7-3-2-6-17-12-8-10(15)4-5-11(12)16-14(17)21-9-13(18)19/h4-5,8H,2-3,6-7,9H2,1H3,(H,18,19). The molecule has 2 rings (SSSR count). The van der Waals surface area contributed by atoms with Crippen LogP contribution >= 0.6 is 39.5 Å². The minimum Gasteiger partial charge on any atom is -0.481 e. The highest BCUT2D eigenvalue weighted by atomic mass is 79.9. The molecule has 7 heteroatoms. The summed E-state index contributed by atoms with van der Waals surface area (Å²) in [7, 11) is 0. The minimum atomic E-state index is -0.817. The lowest BCUT2D eigenvalue weighted by Crippen LogP contribution is -2.04. The van der Waals surface area contributed by atoms with Crippen molar-refractivity contribution in [1.82, 2.24) is 9.55 Å². The minimum absolute atomic E-state index is 0.0370. The zero-order valence-electron chi connectivity index (χ0n) is 11.7. The Kier molecular flexibility index (Phi) is 6.44. The van der Waals surface area contributed by atoms with E-state index in [0.29, 0.717) is 0 Å². The van der Waals surface area contributed by atoms with Gasteiger partial charge in [0.05, 0.1) is 16.8 Å². The van der Waals surface area contributed by atoms with Crippen LogP contribution in [0.15, 0.2) is 27.8 Å². The Labute approximate surface area is 140 Å². The number of imidazole rings is 1. The number of carbonyl (C=O) groups is 1. The van der Waals surface area contributed by atoms with Crippen molar-refractivity contribution in [2.75, 3.05) is 17.8 Å². The fourth-order valence-corrected chi connectivity index (χ4v) is 3.65. The molecule has 0 amide bonds. The number of nitrogens with zero attached hydrogens (tertiary/aromatic N) is 2. The van der Waals surface area contributed by atoms with Gasteiger partial charge in [-0.15, -0.1) is 0 Å². The summed E-state index contributed by atoms with van der Waals surface area (Å²) in [4.78, 5) is 15.3. The van der Waals surface area contributed by atoms with Crippen LogP contribution in [0.2, 0.25) is 0 Å². The first-order valence-corrected chi connectivity index (χ1v) is 9.78. The van der Waals surface area contributed by atoms with E-state index in [9.17, 15) is 4.79 Å². The maximum absolute atomic E-state index is 10.8. The van der Waals surface area contributed by atoms with Gasteiger partial charge in [-0.2, -0.15) is 11.8 Å². The topological polar surface area (TPSA) is 55.1 Å². The van der Waals surface area contributed by atoms with Crippen LogP contribution < -0.4 is 0 Å². The van der Waals surface area contributed by atoms with E-state index < -0.39 is 5.97 Å². The molecule has 1 N–H and O–H groups in total. The molecular weight excluding hydrogens is 372 g/mol. The second kappa shape index (κ2) is 8.10. The SMILES string of the molecule is CSCCCCn1c(SCC(=O)O)nc2ccc(Br)cc21. The summed E-state index contributed by atoms with van der Waals surface area (Å²) in [5.74, 6) is 0.366. The smallest absolute Gasteiger partial charge is 0.313 e. The van der Waals surface area contributed by atoms with E-state index in [1.165, 1.54) is 11.8 Å². The van der Waals surface area contributed by atoms with Crippen LogP contribution in [-0.4, -0.2) is 38.4 Å². The van der Waals surface area contributed by atoms with Crippen molar-refractivity contribution in [2.24, 2.45) is 0 Å². The maximum Gasteiger partial charge on any atom is 0.313 e. The summed E-state index contributed by atoms with van der Waals surface area (Å²) < 4.78 is 3.14. The fraction of sp³-hybridized carbons (Fsp3) is 0.429. The summed E-state index contributed by atoms with van der Waals surface area (Å²) in [6, 6.07) is 5.96. The lowest BCUT2D eigenvalue weighted by Gasteiger charge is -2.08. The molecule has 0 aliphatic heterocycles. The molecule has 0 aliphatic carbocycles. The molecule has 0 bridgehead atoms. The van der Waals surface area contributed by atoms with E-state index in [1.807, 2.05) is 30.0 Å². The van der Waals surface area contributed by atoms with E-state index in [-0.39, 0.29) is 5.75 Å². The monoisotopic (exact) mass is 388 g/mol. The van der Waals surface area contributed by atoms with Crippen LogP contribution in [0.25, 0.3) is 11.0 Å². The molecule has 0 fully saturated rings. The molecule has 114 valence electrons. The number of hydrogen-bond donors (Lipinski definition) is 1. The fourth-order valence-electron chi connectivity index (χ4n) is 2.04. The Bertz CT molecular complexity index is 631. The van der Waals surface area contributed by atoms with Crippen LogP contribution in [0.1, 0.15) is 12.8 Å². The molecule has 2 aromatic rings. The number of hydrogen-bond acceptors (Lipinski definition) is 4. The Morgan fingerprint density at radius 2 is 2.24 bits per heavy atom. The predicted molar refractivity (Wildman–Crippen MR) is 93.4 cm³/mol. The molecule has 21 heavy (non-hydrogen) atoms. The molecule has 1 aromatic carbocycles. The van der Waals surface area contributed by atoms with Crippen LogP contribution in [0.4, 0.5) is 0 Å². The first-order chi connectivity index (χ1) is 10.1. The Morgan fingerprint density at radius 1 is 1.43 bits per heavy atom. The van der Waals surface area contributed by atoms with Gasteiger partial charge in [-0.3, -0.25) is 4.79 Å². The highest BCUT2D eigenvalue weighted by Gasteiger charge is 2.12. The molecule has 1 heterocycles. The van der Waals surface area contributed by atoms with Crippen molar-refractivity contribution in [3.63, 3.8) is 0 Å². The van der Waals surface area contributed by atoms with Gasteiger partial charge in [0.25, 0.3) is 0 Å². The Balaban J connectivity index is 2.24. The third-order valence-corrected chi connectivity index (χ3v) is 5.13. The van der Waals surface area contributed by atoms with Crippen LogP contribution in [0.5, 0.6) is 0 Å². The average molecular weight is 389 g/mol. The molecule has 0 saturated heterocycles. The van der Waals surface area contributed by atoms with Gasteiger partial charge in [0, 0.05) is 11.0 Å². The highest BCUT2D eigenvalue weighted by Crippen LogP contribution is 2.27. The van der Waals surface area contributed by atoms with Crippen molar-refractivity contribution in [1.29, 1.82) is 0 Å². The third-order valence-electron chi connectivity index (χ3n) is 2.98. The number of halogens is 1. The molecular formula is C14H17BrN2O2S2. The van der Waals surface area contributed by atoms with Gasteiger partial charge in [-0.1, -0.05) is 27.7 Å². The second-order valence-corrected chi connectivity index (χ2v) is 7.41. The van der Waals surface area contributed by atoms with Crippen molar-refractivity contribution in [2.45, 2.75) is 24.5 Å². The van der Waals surface area contributed by atoms with E-state index in [2.05, 4.69) is 31.7 Å². The van der Waals surface area contributed by atoms with Gasteiger partial charge in [0.1, 0.15) is 0 Å². The molecule has 0 saturated carbocycles. The number of unbranched alkanes of at least 4 members (excludes halogenated alkanes) is 1. The molecule has 0 atom stereocenters. The number of benzene rings is 1.